The second-order valence-corrected chi connectivity index (χ2v) is 5.61. The van der Waals surface area contributed by atoms with Crippen LogP contribution in [-0.2, 0) is 6.42 Å². The molecule has 1 aliphatic rings. The Kier molecular flexibility index (Phi) is 6.22. The van der Waals surface area contributed by atoms with Crippen LogP contribution < -0.4 is 9.64 Å². The molecule has 0 atom stereocenters. The first kappa shape index (κ1) is 14.4. The van der Waals surface area contributed by atoms with Gasteiger partial charge in [-0.1, -0.05) is 19.1 Å². The molecule has 0 radical (unpaired) electrons. The van der Waals surface area contributed by atoms with E-state index in [1.54, 1.807) is 4.90 Å². The van der Waals surface area contributed by atoms with Crippen molar-refractivity contribution in [3.8, 4) is 5.75 Å². The van der Waals surface area contributed by atoms with Gasteiger partial charge in [0, 0.05) is 6.42 Å². The number of ether oxygens (including phenoxy) is 1. The molecule has 0 aromatic heterocycles. The lowest BCUT2D eigenvalue weighted by molar-refractivity contribution is -0.899. The predicted molar refractivity (Wildman–Crippen MR) is 80.0 cm³/mol. The Balaban J connectivity index is 1.62. The first-order valence-corrected chi connectivity index (χ1v) is 7.94. The summed E-state index contributed by atoms with van der Waals surface area (Å²) in [6.45, 7) is 7.04. The molecule has 1 fully saturated rings. The zero-order valence-electron chi connectivity index (χ0n) is 12.3. The van der Waals surface area contributed by atoms with Crippen LogP contribution in [0.3, 0.4) is 0 Å². The van der Waals surface area contributed by atoms with Crippen molar-refractivity contribution in [1.82, 2.24) is 0 Å². The number of nitrogens with one attached hydrogen (secondary N) is 1. The lowest BCUT2D eigenvalue weighted by atomic mass is 10.2. The highest BCUT2D eigenvalue weighted by atomic mass is 16.5. The monoisotopic (exact) mass is 262 g/mol. The number of quaternary nitrogens is 1. The Morgan fingerprint density at radius 2 is 1.68 bits per heavy atom. The fourth-order valence-electron chi connectivity index (χ4n) is 2.81. The molecule has 2 rings (SSSR count). The third-order valence-electron chi connectivity index (χ3n) is 4.09. The largest absolute Gasteiger partial charge is 0.493 e. The molecular formula is C17H28NO+. The summed E-state index contributed by atoms with van der Waals surface area (Å²) in [5.74, 6) is 1.02. The molecule has 1 saturated heterocycles. The third-order valence-corrected chi connectivity index (χ3v) is 4.09. The zero-order chi connectivity index (χ0) is 13.3. The molecule has 0 amide bonds. The van der Waals surface area contributed by atoms with E-state index in [0.717, 1.165) is 18.8 Å². The van der Waals surface area contributed by atoms with E-state index in [9.17, 15) is 0 Å². The SMILES string of the molecule is CCc1ccc(OCCC[NH+]2CCCCCC2)cc1. The summed E-state index contributed by atoms with van der Waals surface area (Å²) < 4.78 is 5.81. The molecule has 2 nitrogen and oxygen atoms in total. The molecule has 0 bridgehead atoms. The number of hydrogen-bond acceptors (Lipinski definition) is 1. The smallest absolute Gasteiger partial charge is 0.119 e. The molecule has 0 aliphatic carbocycles. The van der Waals surface area contributed by atoms with Crippen molar-refractivity contribution in [2.45, 2.75) is 45.4 Å². The van der Waals surface area contributed by atoms with E-state index in [2.05, 4.69) is 31.2 Å². The summed E-state index contributed by atoms with van der Waals surface area (Å²) in [6, 6.07) is 8.51. The van der Waals surface area contributed by atoms with E-state index in [1.165, 1.54) is 57.3 Å². The van der Waals surface area contributed by atoms with Crippen LogP contribution in [0.5, 0.6) is 5.75 Å². The minimum Gasteiger partial charge on any atom is -0.493 e. The molecule has 0 unspecified atom stereocenters. The summed E-state index contributed by atoms with van der Waals surface area (Å²) in [5, 5.41) is 0. The molecule has 106 valence electrons. The van der Waals surface area contributed by atoms with Crippen LogP contribution in [0.1, 0.15) is 44.6 Å². The number of aryl methyl sites for hydroxylation is 1. The van der Waals surface area contributed by atoms with Crippen molar-refractivity contribution >= 4 is 0 Å². The molecule has 1 N–H and O–H groups in total. The number of hydrogen-bond donors (Lipinski definition) is 1. The highest BCUT2D eigenvalue weighted by Crippen LogP contribution is 2.12. The summed E-state index contributed by atoms with van der Waals surface area (Å²) >= 11 is 0. The van der Waals surface area contributed by atoms with Crippen LogP contribution >= 0.6 is 0 Å². The maximum Gasteiger partial charge on any atom is 0.119 e. The highest BCUT2D eigenvalue weighted by Gasteiger charge is 2.11. The second kappa shape index (κ2) is 8.21. The normalized spacial score (nSPS) is 17.1. The Morgan fingerprint density at radius 3 is 2.32 bits per heavy atom. The summed E-state index contributed by atoms with van der Waals surface area (Å²) in [4.78, 5) is 1.78. The quantitative estimate of drug-likeness (QED) is 0.778. The molecule has 1 aromatic carbocycles. The van der Waals surface area contributed by atoms with Crippen molar-refractivity contribution in [2.24, 2.45) is 0 Å². The highest BCUT2D eigenvalue weighted by molar-refractivity contribution is 5.27. The Hall–Kier alpha value is -1.02. The van der Waals surface area contributed by atoms with Crippen molar-refractivity contribution in [3.63, 3.8) is 0 Å². The van der Waals surface area contributed by atoms with E-state index in [-0.39, 0.29) is 0 Å². The molecule has 1 heterocycles. The number of likely N-dealkylation sites (tertiary alicyclic amines) is 1. The lowest BCUT2D eigenvalue weighted by Crippen LogP contribution is -3.11. The maximum absolute atomic E-state index is 5.81. The topological polar surface area (TPSA) is 13.7 Å². The lowest BCUT2D eigenvalue weighted by Gasteiger charge is -2.16. The van der Waals surface area contributed by atoms with Gasteiger partial charge in [-0.3, -0.25) is 0 Å². The standard InChI is InChI=1S/C17H27NO/c1-2-16-8-10-17(11-9-16)19-15-7-14-18-12-5-3-4-6-13-18/h8-11H,2-7,12-15H2,1H3/p+1. The van der Waals surface area contributed by atoms with E-state index in [0.29, 0.717) is 0 Å². The van der Waals surface area contributed by atoms with Gasteiger partial charge in [0.15, 0.2) is 0 Å². The Labute approximate surface area is 117 Å². The van der Waals surface area contributed by atoms with Crippen LogP contribution in [0, 0.1) is 0 Å². The van der Waals surface area contributed by atoms with Crippen molar-refractivity contribution < 1.29 is 9.64 Å². The van der Waals surface area contributed by atoms with Gasteiger partial charge in [0.2, 0.25) is 0 Å². The van der Waals surface area contributed by atoms with Gasteiger partial charge < -0.3 is 9.64 Å². The Morgan fingerprint density at radius 1 is 1.00 bits per heavy atom. The average Bonchev–Trinajstić information content (AvgIpc) is 2.73. The van der Waals surface area contributed by atoms with Gasteiger partial charge in [-0.25, -0.2) is 0 Å². The molecule has 0 saturated carbocycles. The van der Waals surface area contributed by atoms with Gasteiger partial charge in [-0.15, -0.1) is 0 Å². The van der Waals surface area contributed by atoms with Gasteiger partial charge >= 0.3 is 0 Å². The average molecular weight is 262 g/mol. The van der Waals surface area contributed by atoms with Crippen LogP contribution in [0.2, 0.25) is 0 Å². The van der Waals surface area contributed by atoms with Crippen LogP contribution in [0.15, 0.2) is 24.3 Å². The fraction of sp³-hybridized carbons (Fsp3) is 0.647. The summed E-state index contributed by atoms with van der Waals surface area (Å²) in [6.07, 6.45) is 7.96. The molecule has 2 heteroatoms. The molecule has 0 spiro atoms. The Bertz CT molecular complexity index is 339. The van der Waals surface area contributed by atoms with Crippen LogP contribution in [0.25, 0.3) is 0 Å². The zero-order valence-corrected chi connectivity index (χ0v) is 12.3. The maximum atomic E-state index is 5.81. The summed E-state index contributed by atoms with van der Waals surface area (Å²) in [5.41, 5.74) is 1.38. The second-order valence-electron chi connectivity index (χ2n) is 5.61. The minimum absolute atomic E-state index is 0.856. The van der Waals surface area contributed by atoms with Gasteiger partial charge in [-0.05, 0) is 49.8 Å². The van der Waals surface area contributed by atoms with Crippen molar-refractivity contribution in [2.75, 3.05) is 26.2 Å². The van der Waals surface area contributed by atoms with Crippen LogP contribution in [0.4, 0.5) is 0 Å². The van der Waals surface area contributed by atoms with E-state index in [1.807, 2.05) is 0 Å². The van der Waals surface area contributed by atoms with Crippen LogP contribution in [-0.4, -0.2) is 26.2 Å². The summed E-state index contributed by atoms with van der Waals surface area (Å²) in [7, 11) is 0. The number of rotatable bonds is 6. The number of benzene rings is 1. The van der Waals surface area contributed by atoms with Gasteiger partial charge in [0.1, 0.15) is 5.75 Å². The van der Waals surface area contributed by atoms with Crippen molar-refractivity contribution in [3.05, 3.63) is 29.8 Å². The van der Waals surface area contributed by atoms with E-state index < -0.39 is 0 Å². The molecule has 1 aliphatic heterocycles. The fourth-order valence-corrected chi connectivity index (χ4v) is 2.81. The first-order chi connectivity index (χ1) is 9.38. The van der Waals surface area contributed by atoms with E-state index >= 15 is 0 Å². The van der Waals surface area contributed by atoms with Gasteiger partial charge in [0.25, 0.3) is 0 Å². The van der Waals surface area contributed by atoms with Crippen molar-refractivity contribution in [1.29, 1.82) is 0 Å². The van der Waals surface area contributed by atoms with Gasteiger partial charge in [-0.2, -0.15) is 0 Å². The van der Waals surface area contributed by atoms with Gasteiger partial charge in [0.05, 0.1) is 26.2 Å². The van der Waals surface area contributed by atoms with E-state index in [4.69, 9.17) is 4.74 Å². The first-order valence-electron chi connectivity index (χ1n) is 7.94. The molecular weight excluding hydrogens is 234 g/mol. The molecule has 19 heavy (non-hydrogen) atoms. The third kappa shape index (κ3) is 5.23. The molecule has 1 aromatic rings. The predicted octanol–water partition coefficient (Wildman–Crippen LogP) is 2.48. The minimum atomic E-state index is 0.856.